The second-order valence-electron chi connectivity index (χ2n) is 2.81. The minimum Gasteiger partial charge on any atom is -0.298 e. The van der Waals surface area contributed by atoms with E-state index in [0.717, 1.165) is 6.42 Å². The van der Waals surface area contributed by atoms with Gasteiger partial charge in [-0.25, -0.2) is 0 Å². The van der Waals surface area contributed by atoms with E-state index in [9.17, 15) is 4.79 Å². The Labute approximate surface area is 85.3 Å². The largest absolute Gasteiger partial charge is 0.298 e. The average molecular weight is 207 g/mol. The number of rotatable bonds is 6. The molecule has 0 aliphatic heterocycles. The molecule has 1 N–H and O–H groups in total. The van der Waals surface area contributed by atoms with Gasteiger partial charge < -0.3 is 0 Å². The zero-order valence-electron chi connectivity index (χ0n) is 7.58. The molecule has 0 aromatic heterocycles. The van der Waals surface area contributed by atoms with Crippen molar-refractivity contribution in [1.82, 2.24) is 5.32 Å². The SMILES string of the molecule is CC[C@H](C)C(=O)[C@H](CS)NCS. The fraction of sp³-hybridized carbons (Fsp3) is 0.875. The van der Waals surface area contributed by atoms with Gasteiger partial charge in [0, 0.05) is 17.5 Å². The van der Waals surface area contributed by atoms with Gasteiger partial charge in [0.2, 0.25) is 0 Å². The van der Waals surface area contributed by atoms with Crippen molar-refractivity contribution in [1.29, 1.82) is 0 Å². The van der Waals surface area contributed by atoms with E-state index in [1.807, 2.05) is 13.8 Å². The highest BCUT2D eigenvalue weighted by Gasteiger charge is 2.20. The van der Waals surface area contributed by atoms with Crippen LogP contribution in [0.4, 0.5) is 0 Å². The van der Waals surface area contributed by atoms with Crippen LogP contribution in [-0.4, -0.2) is 23.5 Å². The molecule has 0 bridgehead atoms. The quantitative estimate of drug-likeness (QED) is 0.454. The number of ketones is 1. The Bertz CT molecular complexity index is 141. The molecule has 4 heteroatoms. The van der Waals surface area contributed by atoms with Crippen molar-refractivity contribution in [2.24, 2.45) is 5.92 Å². The van der Waals surface area contributed by atoms with E-state index < -0.39 is 0 Å². The predicted molar refractivity (Wildman–Crippen MR) is 59.1 cm³/mol. The summed E-state index contributed by atoms with van der Waals surface area (Å²) in [5.41, 5.74) is 0. The molecule has 0 aromatic carbocycles. The molecule has 0 spiro atoms. The number of carbonyl (C=O) groups is 1. The number of hydrogen-bond donors (Lipinski definition) is 3. The molecule has 72 valence electrons. The standard InChI is InChI=1S/C8H17NOS2/c1-3-6(2)8(10)7(4-11)9-5-12/h6-7,9,11-12H,3-5H2,1-2H3/t6-,7-/m0/s1. The maximum absolute atomic E-state index is 11.5. The van der Waals surface area contributed by atoms with E-state index in [2.05, 4.69) is 30.6 Å². The van der Waals surface area contributed by atoms with E-state index in [-0.39, 0.29) is 17.7 Å². The Morgan fingerprint density at radius 3 is 2.42 bits per heavy atom. The second-order valence-corrected chi connectivity index (χ2v) is 3.49. The van der Waals surface area contributed by atoms with Gasteiger partial charge in [0.1, 0.15) is 0 Å². The highest BCUT2D eigenvalue weighted by Crippen LogP contribution is 2.06. The summed E-state index contributed by atoms with van der Waals surface area (Å²) in [6.45, 7) is 3.96. The van der Waals surface area contributed by atoms with Crippen molar-refractivity contribution >= 4 is 31.0 Å². The van der Waals surface area contributed by atoms with Crippen molar-refractivity contribution in [2.75, 3.05) is 11.6 Å². The first-order valence-corrected chi connectivity index (χ1v) is 5.42. The molecule has 0 amide bonds. The van der Waals surface area contributed by atoms with Crippen LogP contribution in [0.25, 0.3) is 0 Å². The number of thiol groups is 2. The van der Waals surface area contributed by atoms with Crippen molar-refractivity contribution in [2.45, 2.75) is 26.3 Å². The van der Waals surface area contributed by atoms with Crippen molar-refractivity contribution < 1.29 is 4.79 Å². The van der Waals surface area contributed by atoms with Crippen LogP contribution < -0.4 is 5.32 Å². The molecule has 0 unspecified atom stereocenters. The van der Waals surface area contributed by atoms with Crippen LogP contribution >= 0.6 is 25.3 Å². The lowest BCUT2D eigenvalue weighted by molar-refractivity contribution is -0.123. The topological polar surface area (TPSA) is 29.1 Å². The molecule has 2 nitrogen and oxygen atoms in total. The Balaban J connectivity index is 4.01. The van der Waals surface area contributed by atoms with Gasteiger partial charge >= 0.3 is 0 Å². The third kappa shape index (κ3) is 3.83. The van der Waals surface area contributed by atoms with Gasteiger partial charge in [0.05, 0.1) is 6.04 Å². The van der Waals surface area contributed by atoms with Crippen LogP contribution in [0, 0.1) is 5.92 Å². The van der Waals surface area contributed by atoms with Gasteiger partial charge in [-0.15, -0.1) is 0 Å². The molecule has 0 aliphatic carbocycles. The summed E-state index contributed by atoms with van der Waals surface area (Å²) >= 11 is 8.11. The highest BCUT2D eigenvalue weighted by molar-refractivity contribution is 7.80. The molecule has 0 saturated carbocycles. The Kier molecular flexibility index (Phi) is 6.99. The Hall–Kier alpha value is 0.330. The number of nitrogens with one attached hydrogen (secondary N) is 1. The third-order valence-electron chi connectivity index (χ3n) is 1.96. The van der Waals surface area contributed by atoms with Crippen molar-refractivity contribution in [3.05, 3.63) is 0 Å². The summed E-state index contributed by atoms with van der Waals surface area (Å²) in [6, 6.07) is -0.138. The Morgan fingerprint density at radius 2 is 2.08 bits per heavy atom. The highest BCUT2D eigenvalue weighted by atomic mass is 32.1. The fourth-order valence-corrected chi connectivity index (χ4v) is 1.44. The fourth-order valence-electron chi connectivity index (χ4n) is 0.910. The van der Waals surface area contributed by atoms with Gasteiger partial charge in [0.25, 0.3) is 0 Å². The molecular weight excluding hydrogens is 190 g/mol. The van der Waals surface area contributed by atoms with Crippen LogP contribution in [0.2, 0.25) is 0 Å². The number of carbonyl (C=O) groups excluding carboxylic acids is 1. The lowest BCUT2D eigenvalue weighted by atomic mass is 9.99. The van der Waals surface area contributed by atoms with Gasteiger partial charge in [-0.2, -0.15) is 25.3 Å². The zero-order valence-corrected chi connectivity index (χ0v) is 9.37. The van der Waals surface area contributed by atoms with Gasteiger partial charge in [-0.3, -0.25) is 10.1 Å². The maximum atomic E-state index is 11.5. The third-order valence-corrected chi connectivity index (χ3v) is 2.51. The first kappa shape index (κ1) is 12.3. The number of hydrogen-bond acceptors (Lipinski definition) is 4. The summed E-state index contributed by atoms with van der Waals surface area (Å²) < 4.78 is 0. The maximum Gasteiger partial charge on any atom is 0.153 e. The average Bonchev–Trinajstić information content (AvgIpc) is 2.11. The molecule has 0 fully saturated rings. The molecule has 12 heavy (non-hydrogen) atoms. The van der Waals surface area contributed by atoms with Gasteiger partial charge in [0.15, 0.2) is 5.78 Å². The van der Waals surface area contributed by atoms with Crippen molar-refractivity contribution in [3.63, 3.8) is 0 Å². The summed E-state index contributed by atoms with van der Waals surface area (Å²) in [5, 5.41) is 2.99. The lowest BCUT2D eigenvalue weighted by Crippen LogP contribution is -2.40. The lowest BCUT2D eigenvalue weighted by Gasteiger charge is -2.17. The van der Waals surface area contributed by atoms with Gasteiger partial charge in [-0.05, 0) is 6.42 Å². The van der Waals surface area contributed by atoms with E-state index in [1.54, 1.807) is 0 Å². The monoisotopic (exact) mass is 207 g/mol. The van der Waals surface area contributed by atoms with E-state index >= 15 is 0 Å². The van der Waals surface area contributed by atoms with Crippen molar-refractivity contribution in [3.8, 4) is 0 Å². The van der Waals surface area contributed by atoms with E-state index in [4.69, 9.17) is 0 Å². The predicted octanol–water partition coefficient (Wildman–Crippen LogP) is 1.38. The molecule has 0 heterocycles. The normalized spacial score (nSPS) is 15.7. The van der Waals surface area contributed by atoms with E-state index in [1.165, 1.54) is 0 Å². The first-order chi connectivity index (χ1) is 5.67. The molecule has 0 radical (unpaired) electrons. The molecule has 0 rings (SSSR count). The van der Waals surface area contributed by atoms with Crippen LogP contribution in [0.1, 0.15) is 20.3 Å². The summed E-state index contributed by atoms with van der Waals surface area (Å²) in [4.78, 5) is 11.5. The molecule has 0 aromatic rings. The van der Waals surface area contributed by atoms with Crippen LogP contribution in [0.15, 0.2) is 0 Å². The minimum atomic E-state index is -0.138. The second kappa shape index (κ2) is 6.80. The molecule has 0 aliphatic rings. The Morgan fingerprint density at radius 1 is 1.50 bits per heavy atom. The molecule has 2 atom stereocenters. The van der Waals surface area contributed by atoms with Gasteiger partial charge in [-0.1, -0.05) is 13.8 Å². The minimum absolute atomic E-state index is 0.120. The first-order valence-electron chi connectivity index (χ1n) is 4.16. The zero-order chi connectivity index (χ0) is 9.56. The van der Waals surface area contributed by atoms with Crippen LogP contribution in [0.3, 0.4) is 0 Å². The van der Waals surface area contributed by atoms with E-state index in [0.29, 0.717) is 11.6 Å². The van der Waals surface area contributed by atoms with Crippen LogP contribution in [-0.2, 0) is 4.79 Å². The summed E-state index contributed by atoms with van der Waals surface area (Å²) in [6.07, 6.45) is 0.886. The smallest absolute Gasteiger partial charge is 0.153 e. The molecular formula is C8H17NOS2. The molecule has 0 saturated heterocycles. The summed E-state index contributed by atoms with van der Waals surface area (Å²) in [7, 11) is 0. The number of Topliss-reactive ketones (excluding diaryl/α,β-unsaturated/α-hetero) is 1. The summed E-state index contributed by atoms with van der Waals surface area (Å²) in [5.74, 6) is 1.42. The van der Waals surface area contributed by atoms with Crippen LogP contribution in [0.5, 0.6) is 0 Å².